The molecule has 11 nitrogen and oxygen atoms in total. The third-order valence-corrected chi connectivity index (χ3v) is 14.9. The number of rotatable bonds is 55. The monoisotopic (exact) mass is 1070 g/mol. The Labute approximate surface area is 466 Å². The molecule has 0 bridgehead atoms. The minimum Gasteiger partial charge on any atom is -0.466 e. The van der Waals surface area contributed by atoms with Gasteiger partial charge in [0.2, 0.25) is 5.91 Å². The van der Waals surface area contributed by atoms with Crippen LogP contribution in [0.3, 0.4) is 0 Å². The average molecular weight is 1070 g/mol. The highest BCUT2D eigenvalue weighted by Crippen LogP contribution is 2.23. The van der Waals surface area contributed by atoms with Crippen LogP contribution < -0.4 is 5.32 Å². The van der Waals surface area contributed by atoms with E-state index in [1.54, 1.807) is 6.08 Å². The lowest BCUT2D eigenvalue weighted by molar-refractivity contribution is -0.302. The molecule has 7 unspecified atom stereocenters. The van der Waals surface area contributed by atoms with Crippen molar-refractivity contribution >= 4 is 11.9 Å². The maximum atomic E-state index is 13.0. The minimum atomic E-state index is -1.57. The minimum absolute atomic E-state index is 0.00953. The van der Waals surface area contributed by atoms with E-state index in [2.05, 4.69) is 55.6 Å². The second-order valence-corrected chi connectivity index (χ2v) is 22.1. The SMILES string of the molecule is CCCCC/C=C\CCCCCCCC(=O)OCCCCCCCCCCC/C=C\C/C=C\CCCCCCCCCCCCCC(=O)NC(COC1OC(CO)C(O)C(O)C1O)C(O)/C=C/CCCCCCCCC. The highest BCUT2D eigenvalue weighted by atomic mass is 16.7. The number of allylic oxidation sites excluding steroid dienone is 7. The lowest BCUT2D eigenvalue weighted by atomic mass is 9.99. The summed E-state index contributed by atoms with van der Waals surface area (Å²) in [6.45, 7) is 4.29. The zero-order valence-corrected chi connectivity index (χ0v) is 49.0. The molecule has 0 radical (unpaired) electrons. The van der Waals surface area contributed by atoms with Gasteiger partial charge < -0.3 is 45.1 Å². The first-order valence-electron chi connectivity index (χ1n) is 31.9. The van der Waals surface area contributed by atoms with E-state index in [0.717, 1.165) is 70.6 Å². The zero-order valence-electron chi connectivity index (χ0n) is 49.0. The van der Waals surface area contributed by atoms with Gasteiger partial charge in [-0.1, -0.05) is 236 Å². The number of carbonyl (C=O) groups excluding carboxylic acids is 2. The number of nitrogens with one attached hydrogen (secondary N) is 1. The predicted molar refractivity (Wildman–Crippen MR) is 315 cm³/mol. The van der Waals surface area contributed by atoms with Crippen LogP contribution in [0.5, 0.6) is 0 Å². The van der Waals surface area contributed by atoms with Gasteiger partial charge in [0.05, 0.1) is 32.0 Å². The molecule has 1 aliphatic rings. The molecule has 444 valence electrons. The van der Waals surface area contributed by atoms with Gasteiger partial charge in [-0.05, 0) is 89.9 Å². The molecule has 0 aromatic carbocycles. The molecule has 0 aliphatic carbocycles. The fraction of sp³-hybridized carbons (Fsp3) is 0.846. The van der Waals surface area contributed by atoms with Gasteiger partial charge in [0.25, 0.3) is 0 Å². The van der Waals surface area contributed by atoms with Gasteiger partial charge in [-0.25, -0.2) is 0 Å². The lowest BCUT2D eigenvalue weighted by Gasteiger charge is -2.40. The van der Waals surface area contributed by atoms with Gasteiger partial charge in [-0.15, -0.1) is 0 Å². The van der Waals surface area contributed by atoms with Crippen molar-refractivity contribution in [3.8, 4) is 0 Å². The molecule has 1 rings (SSSR count). The van der Waals surface area contributed by atoms with E-state index in [0.29, 0.717) is 19.4 Å². The van der Waals surface area contributed by atoms with Crippen LogP contribution in [0.4, 0.5) is 0 Å². The molecule has 0 aromatic heterocycles. The van der Waals surface area contributed by atoms with Crippen molar-refractivity contribution in [2.45, 2.75) is 333 Å². The molecular formula is C65H119NO10. The molecule has 11 heteroatoms. The number of ether oxygens (including phenoxy) is 3. The topological polar surface area (TPSA) is 175 Å². The second kappa shape index (κ2) is 54.6. The number of aliphatic hydroxyl groups excluding tert-OH is 5. The van der Waals surface area contributed by atoms with Crippen LogP contribution in [-0.4, -0.2) is 100 Å². The van der Waals surface area contributed by atoms with Crippen molar-refractivity contribution in [3.05, 3.63) is 48.6 Å². The molecular weight excluding hydrogens is 955 g/mol. The van der Waals surface area contributed by atoms with E-state index in [-0.39, 0.29) is 18.5 Å². The van der Waals surface area contributed by atoms with Gasteiger partial charge >= 0.3 is 5.97 Å². The summed E-state index contributed by atoms with van der Waals surface area (Å²) in [6, 6.07) is -0.811. The maximum absolute atomic E-state index is 13.0. The number of carbonyl (C=O) groups is 2. The molecule has 76 heavy (non-hydrogen) atoms. The van der Waals surface area contributed by atoms with Gasteiger partial charge in [-0.2, -0.15) is 0 Å². The Morgan fingerprint density at radius 2 is 0.882 bits per heavy atom. The summed E-state index contributed by atoms with van der Waals surface area (Å²) in [4.78, 5) is 25.0. The number of hydrogen-bond donors (Lipinski definition) is 6. The van der Waals surface area contributed by atoms with Crippen molar-refractivity contribution in [2.75, 3.05) is 19.8 Å². The van der Waals surface area contributed by atoms with Crippen LogP contribution in [-0.2, 0) is 23.8 Å². The summed E-state index contributed by atoms with van der Waals surface area (Å²) < 4.78 is 16.7. The molecule has 1 amide bonds. The van der Waals surface area contributed by atoms with Crippen molar-refractivity contribution in [1.29, 1.82) is 0 Å². The molecule has 6 N–H and O–H groups in total. The Hall–Kier alpha value is -2.38. The Morgan fingerprint density at radius 1 is 0.487 bits per heavy atom. The lowest BCUT2D eigenvalue weighted by Crippen LogP contribution is -2.60. The number of hydrogen-bond acceptors (Lipinski definition) is 10. The largest absolute Gasteiger partial charge is 0.466 e. The first kappa shape index (κ1) is 71.6. The van der Waals surface area contributed by atoms with Crippen LogP contribution in [0.25, 0.3) is 0 Å². The van der Waals surface area contributed by atoms with Gasteiger partial charge in [0.1, 0.15) is 24.4 Å². The number of aliphatic hydroxyl groups is 5. The fourth-order valence-electron chi connectivity index (χ4n) is 9.81. The highest BCUT2D eigenvalue weighted by Gasteiger charge is 2.44. The van der Waals surface area contributed by atoms with Gasteiger partial charge in [0, 0.05) is 12.8 Å². The number of unbranched alkanes of at least 4 members (excludes halogenated alkanes) is 35. The summed E-state index contributed by atoms with van der Waals surface area (Å²) in [6.07, 6.45) is 59.5. The van der Waals surface area contributed by atoms with E-state index >= 15 is 0 Å². The molecule has 1 saturated heterocycles. The fourth-order valence-corrected chi connectivity index (χ4v) is 9.81. The summed E-state index contributed by atoms with van der Waals surface area (Å²) >= 11 is 0. The molecule has 0 spiro atoms. The van der Waals surface area contributed by atoms with E-state index < -0.39 is 49.5 Å². The van der Waals surface area contributed by atoms with E-state index in [4.69, 9.17) is 14.2 Å². The second-order valence-electron chi connectivity index (χ2n) is 22.1. The van der Waals surface area contributed by atoms with Crippen molar-refractivity contribution in [2.24, 2.45) is 0 Å². The molecule has 0 aromatic rings. The highest BCUT2D eigenvalue weighted by molar-refractivity contribution is 5.76. The Morgan fingerprint density at radius 3 is 1.37 bits per heavy atom. The van der Waals surface area contributed by atoms with E-state index in [1.165, 1.54) is 193 Å². The van der Waals surface area contributed by atoms with Gasteiger partial charge in [-0.3, -0.25) is 9.59 Å². The normalized spacial score (nSPS) is 19.0. The number of esters is 1. The van der Waals surface area contributed by atoms with Crippen LogP contribution in [0.1, 0.15) is 290 Å². The standard InChI is InChI=1S/C65H119NO10/c1-3-5-7-9-11-13-14-33-37-41-45-49-53-61(70)74-54-50-46-42-38-34-31-29-27-25-23-21-19-17-15-16-18-20-22-24-26-28-30-32-36-40-44-48-52-60(69)66-57(58(68)51-47-43-39-35-12-10-8-6-4-2)56-75-65-64(73)63(72)62(71)59(55-67)76-65/h11,13,15-16,19,21,47,51,57-59,62-65,67-68,71-73H,3-10,12,14,17-18,20,22-46,48-50,52-56H2,1-2H3,(H,66,69)/b13-11-,16-15-,21-19-,51-47+. The van der Waals surface area contributed by atoms with Gasteiger partial charge in [0.15, 0.2) is 6.29 Å². The third-order valence-electron chi connectivity index (χ3n) is 14.9. The Balaban J connectivity index is 1.99. The van der Waals surface area contributed by atoms with Crippen molar-refractivity contribution in [1.82, 2.24) is 5.32 Å². The van der Waals surface area contributed by atoms with Crippen LogP contribution >= 0.6 is 0 Å². The summed E-state index contributed by atoms with van der Waals surface area (Å²) in [5.41, 5.74) is 0. The Bertz CT molecular complexity index is 1400. The van der Waals surface area contributed by atoms with E-state index in [9.17, 15) is 35.1 Å². The van der Waals surface area contributed by atoms with Crippen molar-refractivity contribution in [3.63, 3.8) is 0 Å². The first-order chi connectivity index (χ1) is 37.2. The maximum Gasteiger partial charge on any atom is 0.305 e. The summed E-state index contributed by atoms with van der Waals surface area (Å²) in [5.74, 6) is -0.197. The quantitative estimate of drug-likeness (QED) is 0.0195. The van der Waals surface area contributed by atoms with Crippen molar-refractivity contribution < 1.29 is 49.3 Å². The molecule has 1 aliphatic heterocycles. The molecule has 0 saturated carbocycles. The van der Waals surface area contributed by atoms with Crippen LogP contribution in [0.15, 0.2) is 48.6 Å². The number of amides is 1. The smallest absolute Gasteiger partial charge is 0.305 e. The zero-order chi connectivity index (χ0) is 55.2. The third kappa shape index (κ3) is 43.5. The molecule has 1 heterocycles. The molecule has 7 atom stereocenters. The first-order valence-corrected chi connectivity index (χ1v) is 31.9. The molecule has 1 fully saturated rings. The average Bonchev–Trinajstić information content (AvgIpc) is 3.42. The summed E-state index contributed by atoms with van der Waals surface area (Å²) in [5, 5.41) is 54.2. The van der Waals surface area contributed by atoms with E-state index in [1.807, 2.05) is 6.08 Å². The predicted octanol–water partition coefficient (Wildman–Crippen LogP) is 15.2. The van der Waals surface area contributed by atoms with Crippen LogP contribution in [0.2, 0.25) is 0 Å². The van der Waals surface area contributed by atoms with Crippen LogP contribution in [0, 0.1) is 0 Å². The Kier molecular flexibility index (Phi) is 51.4. The summed E-state index contributed by atoms with van der Waals surface area (Å²) in [7, 11) is 0.